The molecule has 1 aromatic rings. The highest BCUT2D eigenvalue weighted by Gasteiger charge is 2.37. The molecule has 2 aliphatic rings. The number of benzene rings is 1. The molecule has 2 heterocycles. The molecule has 0 saturated carbocycles. The molecule has 22 heavy (non-hydrogen) atoms. The number of carbonyl (C=O) groups excluding carboxylic acids is 1. The summed E-state index contributed by atoms with van der Waals surface area (Å²) in [5.41, 5.74) is 1.07. The molecule has 0 spiro atoms. The second-order valence-corrected chi connectivity index (χ2v) is 7.00. The zero-order valence-electron chi connectivity index (χ0n) is 13.5. The van der Waals surface area contributed by atoms with Crippen LogP contribution in [0.2, 0.25) is 0 Å². The molecule has 0 aromatic heterocycles. The Morgan fingerprint density at radius 2 is 1.86 bits per heavy atom. The number of ether oxygens (including phenoxy) is 1. The average molecular weight is 302 g/mol. The Hall–Kier alpha value is -1.55. The van der Waals surface area contributed by atoms with Crippen molar-refractivity contribution in [2.75, 3.05) is 32.8 Å². The lowest BCUT2D eigenvalue weighted by Gasteiger charge is -2.17. The normalized spacial score (nSPS) is 23.9. The maximum Gasteiger partial charge on any atom is 0.227 e. The van der Waals surface area contributed by atoms with Gasteiger partial charge in [-0.05, 0) is 35.4 Å². The van der Waals surface area contributed by atoms with E-state index < -0.39 is 0 Å². The largest absolute Gasteiger partial charge is 0.493 e. The van der Waals surface area contributed by atoms with Crippen LogP contribution >= 0.6 is 0 Å². The van der Waals surface area contributed by atoms with Crippen LogP contribution in [0.5, 0.6) is 5.75 Å². The Kier molecular flexibility index (Phi) is 4.67. The minimum Gasteiger partial charge on any atom is -0.493 e. The van der Waals surface area contributed by atoms with Crippen molar-refractivity contribution >= 4 is 5.91 Å². The molecule has 0 bridgehead atoms. The van der Waals surface area contributed by atoms with Gasteiger partial charge in [0.1, 0.15) is 5.75 Å². The maximum absolute atomic E-state index is 12.4. The lowest BCUT2D eigenvalue weighted by molar-refractivity contribution is -0.129. The number of nitrogens with zero attached hydrogens (tertiary/aromatic N) is 1. The van der Waals surface area contributed by atoms with Crippen molar-refractivity contribution in [3.8, 4) is 5.75 Å². The average Bonchev–Trinajstić information content (AvgIpc) is 3.07. The van der Waals surface area contributed by atoms with Gasteiger partial charge in [-0.15, -0.1) is 0 Å². The summed E-state index contributed by atoms with van der Waals surface area (Å²) in [6, 6.07) is 7.94. The molecular weight excluding hydrogens is 276 g/mol. The van der Waals surface area contributed by atoms with Crippen LogP contribution in [0.1, 0.15) is 19.4 Å². The lowest BCUT2D eigenvalue weighted by atomic mass is 10.0. The number of rotatable bonds is 5. The summed E-state index contributed by atoms with van der Waals surface area (Å²) in [4.78, 5) is 14.5. The van der Waals surface area contributed by atoms with Crippen molar-refractivity contribution in [3.63, 3.8) is 0 Å². The molecule has 120 valence electrons. The molecule has 3 rings (SSSR count). The summed E-state index contributed by atoms with van der Waals surface area (Å²) in [6.07, 6.45) is 0.497. The monoisotopic (exact) mass is 302 g/mol. The maximum atomic E-state index is 12.4. The van der Waals surface area contributed by atoms with Gasteiger partial charge in [-0.1, -0.05) is 26.0 Å². The third-order valence-electron chi connectivity index (χ3n) is 4.60. The van der Waals surface area contributed by atoms with Crippen LogP contribution in [-0.4, -0.2) is 43.6 Å². The zero-order valence-corrected chi connectivity index (χ0v) is 13.5. The second-order valence-electron chi connectivity index (χ2n) is 7.00. The van der Waals surface area contributed by atoms with Gasteiger partial charge < -0.3 is 15.0 Å². The van der Waals surface area contributed by atoms with Crippen molar-refractivity contribution in [2.45, 2.75) is 20.3 Å². The first-order chi connectivity index (χ1) is 10.6. The van der Waals surface area contributed by atoms with Gasteiger partial charge in [0.05, 0.1) is 13.0 Å². The van der Waals surface area contributed by atoms with Crippen LogP contribution in [0.3, 0.4) is 0 Å². The van der Waals surface area contributed by atoms with E-state index in [0.717, 1.165) is 44.1 Å². The summed E-state index contributed by atoms with van der Waals surface area (Å²) in [5.74, 6) is 2.98. The number of carbonyl (C=O) groups is 1. The molecule has 2 aliphatic heterocycles. The third-order valence-corrected chi connectivity index (χ3v) is 4.60. The van der Waals surface area contributed by atoms with Crippen molar-refractivity contribution in [3.05, 3.63) is 29.8 Å². The molecule has 1 N–H and O–H groups in total. The fourth-order valence-corrected chi connectivity index (χ4v) is 3.31. The Morgan fingerprint density at radius 1 is 1.23 bits per heavy atom. The molecule has 2 atom stereocenters. The molecular formula is C18H26N2O2. The summed E-state index contributed by atoms with van der Waals surface area (Å²) >= 11 is 0. The molecule has 1 aromatic carbocycles. The van der Waals surface area contributed by atoms with Gasteiger partial charge in [0, 0.05) is 26.2 Å². The van der Waals surface area contributed by atoms with E-state index in [-0.39, 0.29) is 5.91 Å². The van der Waals surface area contributed by atoms with E-state index in [1.165, 1.54) is 0 Å². The van der Waals surface area contributed by atoms with E-state index in [1.54, 1.807) is 0 Å². The lowest BCUT2D eigenvalue weighted by Crippen LogP contribution is -2.32. The Balaban J connectivity index is 1.51. The predicted molar refractivity (Wildman–Crippen MR) is 86.9 cm³/mol. The fourth-order valence-electron chi connectivity index (χ4n) is 3.31. The van der Waals surface area contributed by atoms with Crippen LogP contribution in [0.25, 0.3) is 0 Å². The minimum absolute atomic E-state index is 0.255. The van der Waals surface area contributed by atoms with E-state index in [9.17, 15) is 4.79 Å². The molecule has 1 amide bonds. The number of amides is 1. The predicted octanol–water partition coefficient (Wildman–Crippen LogP) is 1.94. The van der Waals surface area contributed by atoms with E-state index >= 15 is 0 Å². The molecule has 4 nitrogen and oxygen atoms in total. The SMILES string of the molecule is CC(C)COc1ccc(CC(=O)N2C[C@H]3CNC[C@H]3C2)cc1. The summed E-state index contributed by atoms with van der Waals surface area (Å²) < 4.78 is 5.68. The van der Waals surface area contributed by atoms with Gasteiger partial charge in [-0.25, -0.2) is 0 Å². The molecule has 4 heteroatoms. The number of hydrogen-bond donors (Lipinski definition) is 1. The number of fused-ring (bicyclic) bond motifs is 1. The van der Waals surface area contributed by atoms with Gasteiger partial charge >= 0.3 is 0 Å². The Labute approximate surface area is 132 Å². The first-order valence-electron chi connectivity index (χ1n) is 8.32. The smallest absolute Gasteiger partial charge is 0.227 e. The van der Waals surface area contributed by atoms with Crippen molar-refractivity contribution in [2.24, 2.45) is 17.8 Å². The van der Waals surface area contributed by atoms with Gasteiger partial charge in [0.25, 0.3) is 0 Å². The first kappa shape index (κ1) is 15.3. The standard InChI is InChI=1S/C18H26N2O2/c1-13(2)12-22-17-5-3-14(4-6-17)7-18(21)20-10-15-8-19-9-16(15)11-20/h3-6,13,15-16,19H,7-12H2,1-2H3/t15-,16+. The summed E-state index contributed by atoms with van der Waals surface area (Å²) in [5, 5.41) is 3.41. The number of hydrogen-bond acceptors (Lipinski definition) is 3. The highest BCUT2D eigenvalue weighted by molar-refractivity contribution is 5.79. The van der Waals surface area contributed by atoms with E-state index in [2.05, 4.69) is 19.2 Å². The first-order valence-corrected chi connectivity index (χ1v) is 8.32. The number of likely N-dealkylation sites (tertiary alicyclic amines) is 1. The highest BCUT2D eigenvalue weighted by atomic mass is 16.5. The van der Waals surface area contributed by atoms with Gasteiger partial charge in [-0.3, -0.25) is 4.79 Å². The van der Waals surface area contributed by atoms with Crippen LogP contribution in [-0.2, 0) is 11.2 Å². The van der Waals surface area contributed by atoms with Crippen LogP contribution < -0.4 is 10.1 Å². The van der Waals surface area contributed by atoms with Crippen LogP contribution in [0.4, 0.5) is 0 Å². The Bertz CT molecular complexity index is 500. The van der Waals surface area contributed by atoms with Crippen molar-refractivity contribution in [1.29, 1.82) is 0 Å². The van der Waals surface area contributed by atoms with Gasteiger partial charge in [0.2, 0.25) is 5.91 Å². The van der Waals surface area contributed by atoms with Crippen molar-refractivity contribution in [1.82, 2.24) is 10.2 Å². The molecule has 2 saturated heterocycles. The molecule has 2 fully saturated rings. The third kappa shape index (κ3) is 3.61. The summed E-state index contributed by atoms with van der Waals surface area (Å²) in [7, 11) is 0. The zero-order chi connectivity index (χ0) is 15.5. The molecule has 0 radical (unpaired) electrons. The fraction of sp³-hybridized carbons (Fsp3) is 0.611. The Morgan fingerprint density at radius 3 is 2.45 bits per heavy atom. The number of nitrogens with one attached hydrogen (secondary N) is 1. The van der Waals surface area contributed by atoms with Crippen LogP contribution in [0.15, 0.2) is 24.3 Å². The van der Waals surface area contributed by atoms with E-state index in [4.69, 9.17) is 4.74 Å². The minimum atomic E-state index is 0.255. The van der Waals surface area contributed by atoms with E-state index in [0.29, 0.717) is 24.2 Å². The van der Waals surface area contributed by atoms with Gasteiger partial charge in [0.15, 0.2) is 0 Å². The second kappa shape index (κ2) is 6.69. The van der Waals surface area contributed by atoms with Crippen LogP contribution in [0, 0.1) is 17.8 Å². The summed E-state index contributed by atoms with van der Waals surface area (Å²) in [6.45, 7) is 8.97. The van der Waals surface area contributed by atoms with Gasteiger partial charge in [-0.2, -0.15) is 0 Å². The molecule has 0 unspecified atom stereocenters. The topological polar surface area (TPSA) is 41.6 Å². The molecule has 0 aliphatic carbocycles. The quantitative estimate of drug-likeness (QED) is 0.904. The van der Waals surface area contributed by atoms with Crippen molar-refractivity contribution < 1.29 is 9.53 Å². The highest BCUT2D eigenvalue weighted by Crippen LogP contribution is 2.26. The van der Waals surface area contributed by atoms with E-state index in [1.807, 2.05) is 29.2 Å².